The summed E-state index contributed by atoms with van der Waals surface area (Å²) in [5.74, 6) is -0.159. The smallest absolute Gasteiger partial charge is 0.291 e. The number of carbonyl (C=O) groups excluding carboxylic acids is 2. The van der Waals surface area contributed by atoms with Gasteiger partial charge in [-0.1, -0.05) is 18.2 Å². The number of furan rings is 1. The number of nitrogens with one attached hydrogen (secondary N) is 1. The van der Waals surface area contributed by atoms with E-state index in [9.17, 15) is 9.59 Å². The zero-order chi connectivity index (χ0) is 21.4. The number of carbonyl (C=O) groups is 2. The van der Waals surface area contributed by atoms with E-state index in [0.717, 1.165) is 33.6 Å². The highest BCUT2D eigenvalue weighted by atomic mass is 32.1. The second-order valence-corrected chi connectivity index (χ2v) is 8.70. The van der Waals surface area contributed by atoms with E-state index in [1.54, 1.807) is 29.5 Å². The van der Waals surface area contributed by atoms with Crippen molar-refractivity contribution in [2.45, 2.75) is 25.8 Å². The summed E-state index contributed by atoms with van der Waals surface area (Å²) in [5.41, 5.74) is 3.00. The van der Waals surface area contributed by atoms with E-state index < -0.39 is 0 Å². The Hall–Kier alpha value is -3.45. The number of hydrogen-bond donors (Lipinski definition) is 1. The Morgan fingerprint density at radius 3 is 2.84 bits per heavy atom. The van der Waals surface area contributed by atoms with E-state index in [4.69, 9.17) is 9.40 Å². The molecule has 2 aromatic carbocycles. The van der Waals surface area contributed by atoms with Crippen molar-refractivity contribution in [1.82, 2.24) is 9.88 Å². The van der Waals surface area contributed by atoms with Crippen LogP contribution in [0.5, 0.6) is 0 Å². The molecule has 1 saturated heterocycles. The fourth-order valence-corrected chi connectivity index (χ4v) is 5.06. The highest BCUT2D eigenvalue weighted by Gasteiger charge is 2.33. The average Bonchev–Trinajstić information content (AvgIpc) is 3.54. The van der Waals surface area contributed by atoms with Crippen LogP contribution in [0.2, 0.25) is 0 Å². The molecule has 156 valence electrons. The Kier molecular flexibility index (Phi) is 5.03. The number of amides is 2. The first-order chi connectivity index (χ1) is 15.1. The lowest BCUT2D eigenvalue weighted by Gasteiger charge is -2.23. The highest BCUT2D eigenvalue weighted by molar-refractivity contribution is 7.18. The lowest BCUT2D eigenvalue weighted by Crippen LogP contribution is -2.30. The quantitative estimate of drug-likeness (QED) is 0.468. The monoisotopic (exact) mass is 431 g/mol. The van der Waals surface area contributed by atoms with Crippen LogP contribution in [0.3, 0.4) is 0 Å². The van der Waals surface area contributed by atoms with Crippen molar-refractivity contribution in [3.63, 3.8) is 0 Å². The fourth-order valence-electron chi connectivity index (χ4n) is 3.95. The summed E-state index contributed by atoms with van der Waals surface area (Å²) in [5, 5.41) is 3.82. The summed E-state index contributed by atoms with van der Waals surface area (Å²) in [7, 11) is 0. The van der Waals surface area contributed by atoms with Crippen LogP contribution in [0, 0.1) is 6.92 Å². The SMILES string of the molecule is Cc1ccc(C(=O)N2CCCC2c2nc3ccccc3s2)cc1NC(=O)c1ccco1. The van der Waals surface area contributed by atoms with Crippen molar-refractivity contribution in [2.24, 2.45) is 0 Å². The molecule has 2 aromatic heterocycles. The Bertz CT molecular complexity index is 1230. The second-order valence-electron chi connectivity index (χ2n) is 7.64. The van der Waals surface area contributed by atoms with Crippen molar-refractivity contribution in [3.8, 4) is 0 Å². The van der Waals surface area contributed by atoms with Crippen molar-refractivity contribution >= 4 is 39.1 Å². The molecule has 0 radical (unpaired) electrons. The molecule has 0 spiro atoms. The molecule has 5 rings (SSSR count). The van der Waals surface area contributed by atoms with Crippen LogP contribution in [0.4, 0.5) is 5.69 Å². The maximum absolute atomic E-state index is 13.4. The second kappa shape index (κ2) is 8.00. The van der Waals surface area contributed by atoms with Crippen molar-refractivity contribution in [2.75, 3.05) is 11.9 Å². The third-order valence-electron chi connectivity index (χ3n) is 5.59. The van der Waals surface area contributed by atoms with E-state index >= 15 is 0 Å². The molecular weight excluding hydrogens is 410 g/mol. The van der Waals surface area contributed by atoms with Gasteiger partial charge in [0, 0.05) is 17.8 Å². The summed E-state index contributed by atoms with van der Waals surface area (Å²) in [4.78, 5) is 32.5. The molecule has 1 aliphatic rings. The van der Waals surface area contributed by atoms with Gasteiger partial charge in [-0.3, -0.25) is 9.59 Å². The third kappa shape index (κ3) is 3.72. The first-order valence-electron chi connectivity index (χ1n) is 10.2. The molecule has 1 aliphatic heterocycles. The predicted molar refractivity (Wildman–Crippen MR) is 120 cm³/mol. The number of likely N-dealkylation sites (tertiary alicyclic amines) is 1. The fraction of sp³-hybridized carbons (Fsp3) is 0.208. The van der Waals surface area contributed by atoms with Gasteiger partial charge in [-0.2, -0.15) is 0 Å². The number of para-hydroxylation sites is 1. The number of aromatic nitrogens is 1. The van der Waals surface area contributed by atoms with E-state index in [-0.39, 0.29) is 23.6 Å². The number of hydrogen-bond acceptors (Lipinski definition) is 5. The maximum Gasteiger partial charge on any atom is 0.291 e. The van der Waals surface area contributed by atoms with Crippen molar-refractivity contribution < 1.29 is 14.0 Å². The van der Waals surface area contributed by atoms with Gasteiger partial charge >= 0.3 is 0 Å². The largest absolute Gasteiger partial charge is 0.459 e. The molecule has 6 nitrogen and oxygen atoms in total. The minimum Gasteiger partial charge on any atom is -0.459 e. The normalized spacial score (nSPS) is 16.0. The molecule has 4 aromatic rings. The van der Waals surface area contributed by atoms with Gasteiger partial charge in [-0.25, -0.2) is 4.98 Å². The van der Waals surface area contributed by atoms with Crippen LogP contribution in [-0.2, 0) is 0 Å². The molecule has 0 aliphatic carbocycles. The minimum atomic E-state index is -0.341. The maximum atomic E-state index is 13.4. The van der Waals surface area contributed by atoms with Gasteiger partial charge in [-0.05, 0) is 61.7 Å². The molecular formula is C24H21N3O3S. The average molecular weight is 432 g/mol. The summed E-state index contributed by atoms with van der Waals surface area (Å²) < 4.78 is 6.30. The summed E-state index contributed by atoms with van der Waals surface area (Å²) in [6, 6.07) is 16.7. The minimum absolute atomic E-state index is 0.0210. The van der Waals surface area contributed by atoms with Crippen molar-refractivity contribution in [3.05, 3.63) is 82.8 Å². The molecule has 1 N–H and O–H groups in total. The number of benzene rings is 2. The van der Waals surface area contributed by atoms with Crippen LogP contribution >= 0.6 is 11.3 Å². The van der Waals surface area contributed by atoms with Gasteiger partial charge in [0.05, 0.1) is 22.5 Å². The van der Waals surface area contributed by atoms with Crippen LogP contribution in [0.1, 0.15) is 50.4 Å². The van der Waals surface area contributed by atoms with Gasteiger partial charge in [0.25, 0.3) is 11.8 Å². The first-order valence-corrected chi connectivity index (χ1v) is 11.0. The molecule has 0 bridgehead atoms. The molecule has 0 saturated carbocycles. The molecule has 2 amide bonds. The number of nitrogens with zero attached hydrogens (tertiary/aromatic N) is 2. The first kappa shape index (κ1) is 19.5. The van der Waals surface area contributed by atoms with Gasteiger partial charge in [-0.15, -0.1) is 11.3 Å². The lowest BCUT2D eigenvalue weighted by atomic mass is 10.1. The van der Waals surface area contributed by atoms with Gasteiger partial charge < -0.3 is 14.6 Å². The molecule has 7 heteroatoms. The lowest BCUT2D eigenvalue weighted by molar-refractivity contribution is 0.0735. The summed E-state index contributed by atoms with van der Waals surface area (Å²) in [6.45, 7) is 2.59. The predicted octanol–water partition coefficient (Wildman–Crippen LogP) is 5.43. The van der Waals surface area contributed by atoms with Gasteiger partial charge in [0.1, 0.15) is 5.01 Å². The molecule has 1 atom stereocenters. The van der Waals surface area contributed by atoms with Crippen LogP contribution < -0.4 is 5.32 Å². The van der Waals surface area contributed by atoms with E-state index in [0.29, 0.717) is 17.8 Å². The zero-order valence-electron chi connectivity index (χ0n) is 17.0. The van der Waals surface area contributed by atoms with Gasteiger partial charge in [0.15, 0.2) is 5.76 Å². The van der Waals surface area contributed by atoms with Crippen LogP contribution in [-0.4, -0.2) is 28.2 Å². The summed E-state index contributed by atoms with van der Waals surface area (Å²) >= 11 is 1.65. The zero-order valence-corrected chi connectivity index (χ0v) is 17.8. The van der Waals surface area contributed by atoms with Crippen LogP contribution in [0.15, 0.2) is 65.3 Å². The Morgan fingerprint density at radius 1 is 1.16 bits per heavy atom. The number of anilines is 1. The topological polar surface area (TPSA) is 75.4 Å². The van der Waals surface area contributed by atoms with Gasteiger partial charge in [0.2, 0.25) is 0 Å². The standard InChI is InChI=1S/C24H21N3O3S/c1-15-10-11-16(14-18(15)25-22(28)20-8-5-13-30-20)24(29)27-12-4-7-19(27)23-26-17-6-2-3-9-21(17)31-23/h2-3,5-6,8-11,13-14,19H,4,7,12H2,1H3,(H,25,28). The Balaban J connectivity index is 1.40. The third-order valence-corrected chi connectivity index (χ3v) is 6.72. The Morgan fingerprint density at radius 2 is 2.03 bits per heavy atom. The number of rotatable bonds is 4. The number of thiazole rings is 1. The molecule has 31 heavy (non-hydrogen) atoms. The van der Waals surface area contributed by atoms with Crippen LogP contribution in [0.25, 0.3) is 10.2 Å². The Labute approximate surface area is 183 Å². The highest BCUT2D eigenvalue weighted by Crippen LogP contribution is 2.37. The summed E-state index contributed by atoms with van der Waals surface area (Å²) in [6.07, 6.45) is 3.30. The molecule has 1 unspecified atom stereocenters. The van der Waals surface area contributed by atoms with E-state index in [1.165, 1.54) is 6.26 Å². The molecule has 3 heterocycles. The molecule has 1 fully saturated rings. The number of fused-ring (bicyclic) bond motifs is 1. The van der Waals surface area contributed by atoms with Crippen molar-refractivity contribution in [1.29, 1.82) is 0 Å². The van der Waals surface area contributed by atoms with E-state index in [2.05, 4.69) is 11.4 Å². The van der Waals surface area contributed by atoms with E-state index in [1.807, 2.05) is 42.2 Å². The number of aryl methyl sites for hydroxylation is 1.